The Morgan fingerprint density at radius 3 is 2.52 bits per heavy atom. The summed E-state index contributed by atoms with van der Waals surface area (Å²) >= 11 is 0. The molecule has 3 rings (SSSR count). The number of carbonyl (C=O) groups is 2. The van der Waals surface area contributed by atoms with Crippen molar-refractivity contribution in [3.8, 4) is 0 Å². The zero-order valence-corrected chi connectivity index (χ0v) is 15.9. The van der Waals surface area contributed by atoms with Gasteiger partial charge in [-0.3, -0.25) is 9.59 Å². The van der Waals surface area contributed by atoms with Gasteiger partial charge in [0.05, 0.1) is 24.7 Å². The lowest BCUT2D eigenvalue weighted by molar-refractivity contribution is -0.148. The second-order valence-corrected chi connectivity index (χ2v) is 9.06. The van der Waals surface area contributed by atoms with Gasteiger partial charge in [0.1, 0.15) is 0 Å². The second kappa shape index (κ2) is 8.71. The van der Waals surface area contributed by atoms with E-state index in [1.165, 1.54) is 0 Å². The van der Waals surface area contributed by atoms with Crippen LogP contribution in [0.3, 0.4) is 0 Å². The number of morpholine rings is 1. The molecule has 8 nitrogen and oxygen atoms in total. The van der Waals surface area contributed by atoms with Crippen molar-refractivity contribution in [3.63, 3.8) is 0 Å². The standard InChI is InChI=1S/C18H24N2O6S/c21-17(12-26-18(22)11-14-5-10-27(23,24)13-14)19-15-1-3-16(4-2-15)20-6-8-25-9-7-20/h1-4,14H,5-13H2,(H,19,21)/t14-/m1/s1. The van der Waals surface area contributed by atoms with Gasteiger partial charge in [-0.05, 0) is 36.6 Å². The Kier molecular flexibility index (Phi) is 6.33. The number of hydrogen-bond donors (Lipinski definition) is 1. The van der Waals surface area contributed by atoms with Crippen molar-refractivity contribution < 1.29 is 27.5 Å². The fourth-order valence-corrected chi connectivity index (χ4v) is 5.11. The van der Waals surface area contributed by atoms with E-state index in [1.54, 1.807) is 12.1 Å². The van der Waals surface area contributed by atoms with Crippen LogP contribution in [0.5, 0.6) is 0 Å². The summed E-state index contributed by atoms with van der Waals surface area (Å²) in [5.41, 5.74) is 1.68. The van der Waals surface area contributed by atoms with Crippen LogP contribution in [-0.4, -0.2) is 64.7 Å². The minimum Gasteiger partial charge on any atom is -0.456 e. The maximum atomic E-state index is 11.9. The average Bonchev–Trinajstić information content (AvgIpc) is 3.00. The van der Waals surface area contributed by atoms with Crippen LogP contribution in [0.25, 0.3) is 0 Å². The first-order valence-electron chi connectivity index (χ1n) is 9.00. The van der Waals surface area contributed by atoms with Crippen LogP contribution in [0.2, 0.25) is 0 Å². The Morgan fingerprint density at radius 2 is 1.89 bits per heavy atom. The molecule has 0 aliphatic carbocycles. The number of sulfone groups is 1. The lowest BCUT2D eigenvalue weighted by Crippen LogP contribution is -2.36. The number of ether oxygens (including phenoxy) is 2. The van der Waals surface area contributed by atoms with Crippen LogP contribution >= 0.6 is 0 Å². The van der Waals surface area contributed by atoms with E-state index in [9.17, 15) is 18.0 Å². The molecule has 1 atom stereocenters. The van der Waals surface area contributed by atoms with Gasteiger partial charge in [0, 0.05) is 30.9 Å². The van der Waals surface area contributed by atoms with E-state index in [1.807, 2.05) is 12.1 Å². The number of anilines is 2. The van der Waals surface area contributed by atoms with Crippen molar-refractivity contribution >= 4 is 33.1 Å². The number of nitrogens with zero attached hydrogens (tertiary/aromatic N) is 1. The molecule has 0 unspecified atom stereocenters. The van der Waals surface area contributed by atoms with Crippen molar-refractivity contribution in [2.24, 2.45) is 5.92 Å². The third kappa shape index (κ3) is 5.93. The van der Waals surface area contributed by atoms with Gasteiger partial charge in [-0.2, -0.15) is 0 Å². The first-order valence-corrected chi connectivity index (χ1v) is 10.8. The summed E-state index contributed by atoms with van der Waals surface area (Å²) in [4.78, 5) is 25.9. The highest BCUT2D eigenvalue weighted by molar-refractivity contribution is 7.91. The molecule has 2 fully saturated rings. The summed E-state index contributed by atoms with van der Waals surface area (Å²) in [7, 11) is -3.02. The van der Waals surface area contributed by atoms with E-state index in [2.05, 4.69) is 10.2 Å². The Labute approximate surface area is 158 Å². The molecule has 2 aliphatic rings. The predicted molar refractivity (Wildman–Crippen MR) is 100 cm³/mol. The number of esters is 1. The second-order valence-electron chi connectivity index (χ2n) is 6.83. The molecular weight excluding hydrogens is 372 g/mol. The SMILES string of the molecule is O=C(COC(=O)C[C@H]1CCS(=O)(=O)C1)Nc1ccc(N2CCOCC2)cc1. The van der Waals surface area contributed by atoms with Gasteiger partial charge in [0.2, 0.25) is 0 Å². The zero-order chi connectivity index (χ0) is 19.3. The Balaban J connectivity index is 1.40. The van der Waals surface area contributed by atoms with Crippen LogP contribution < -0.4 is 10.2 Å². The number of benzene rings is 1. The van der Waals surface area contributed by atoms with Gasteiger partial charge in [-0.15, -0.1) is 0 Å². The summed E-state index contributed by atoms with van der Waals surface area (Å²) in [5, 5.41) is 2.68. The molecule has 0 spiro atoms. The Morgan fingerprint density at radius 1 is 1.19 bits per heavy atom. The molecule has 148 valence electrons. The molecule has 2 saturated heterocycles. The molecule has 1 N–H and O–H groups in total. The van der Waals surface area contributed by atoms with E-state index in [-0.39, 0.29) is 30.5 Å². The molecule has 0 saturated carbocycles. The normalized spacial score (nSPS) is 21.6. The van der Waals surface area contributed by atoms with Crippen molar-refractivity contribution in [2.75, 3.05) is 54.6 Å². The molecule has 0 aromatic heterocycles. The average molecular weight is 396 g/mol. The van der Waals surface area contributed by atoms with Crippen LogP contribution in [0, 0.1) is 5.92 Å². The first-order chi connectivity index (χ1) is 12.9. The lowest BCUT2D eigenvalue weighted by Gasteiger charge is -2.28. The molecular formula is C18H24N2O6S. The predicted octanol–water partition coefficient (Wildman–Crippen LogP) is 0.830. The number of rotatable bonds is 6. The van der Waals surface area contributed by atoms with E-state index >= 15 is 0 Å². The maximum absolute atomic E-state index is 11.9. The fourth-order valence-electron chi connectivity index (χ4n) is 3.25. The van der Waals surface area contributed by atoms with Gasteiger partial charge in [-0.1, -0.05) is 0 Å². The van der Waals surface area contributed by atoms with Gasteiger partial charge in [0.15, 0.2) is 16.4 Å². The fraction of sp³-hybridized carbons (Fsp3) is 0.556. The van der Waals surface area contributed by atoms with Gasteiger partial charge in [-0.25, -0.2) is 8.42 Å². The highest BCUT2D eigenvalue weighted by Crippen LogP contribution is 2.22. The largest absolute Gasteiger partial charge is 0.456 e. The minimum absolute atomic E-state index is 0.0176. The summed E-state index contributed by atoms with van der Waals surface area (Å²) < 4.78 is 33.1. The van der Waals surface area contributed by atoms with Crippen molar-refractivity contribution in [3.05, 3.63) is 24.3 Å². The number of amides is 1. The highest BCUT2D eigenvalue weighted by atomic mass is 32.2. The number of hydrogen-bond acceptors (Lipinski definition) is 7. The molecule has 0 radical (unpaired) electrons. The minimum atomic E-state index is -3.02. The molecule has 9 heteroatoms. The van der Waals surface area contributed by atoms with E-state index in [0.29, 0.717) is 25.3 Å². The summed E-state index contributed by atoms with van der Waals surface area (Å²) in [6, 6.07) is 7.45. The molecule has 0 bridgehead atoms. The molecule has 2 aliphatic heterocycles. The monoisotopic (exact) mass is 396 g/mol. The van der Waals surface area contributed by atoms with Crippen LogP contribution in [-0.2, 0) is 28.9 Å². The van der Waals surface area contributed by atoms with Crippen LogP contribution in [0.1, 0.15) is 12.8 Å². The van der Waals surface area contributed by atoms with Gasteiger partial charge in [0.25, 0.3) is 5.91 Å². The number of carbonyl (C=O) groups excluding carboxylic acids is 2. The first kappa shape index (κ1) is 19.6. The number of nitrogens with one attached hydrogen (secondary N) is 1. The summed E-state index contributed by atoms with van der Waals surface area (Å²) in [6.45, 7) is 2.70. The zero-order valence-electron chi connectivity index (χ0n) is 15.1. The molecule has 1 aromatic rings. The Bertz CT molecular complexity index is 772. The molecule has 27 heavy (non-hydrogen) atoms. The van der Waals surface area contributed by atoms with E-state index in [0.717, 1.165) is 18.8 Å². The summed E-state index contributed by atoms with van der Waals surface area (Å²) in [5.74, 6) is -1.05. The smallest absolute Gasteiger partial charge is 0.306 e. The van der Waals surface area contributed by atoms with Crippen molar-refractivity contribution in [1.82, 2.24) is 0 Å². The van der Waals surface area contributed by atoms with Crippen molar-refractivity contribution in [2.45, 2.75) is 12.8 Å². The third-order valence-electron chi connectivity index (χ3n) is 4.67. The molecule has 1 aromatic carbocycles. The third-order valence-corrected chi connectivity index (χ3v) is 6.51. The van der Waals surface area contributed by atoms with Gasteiger partial charge >= 0.3 is 5.97 Å². The van der Waals surface area contributed by atoms with E-state index < -0.39 is 21.7 Å². The topological polar surface area (TPSA) is 102 Å². The van der Waals surface area contributed by atoms with Crippen LogP contribution in [0.4, 0.5) is 11.4 Å². The lowest BCUT2D eigenvalue weighted by atomic mass is 10.1. The van der Waals surface area contributed by atoms with Gasteiger partial charge < -0.3 is 19.7 Å². The van der Waals surface area contributed by atoms with E-state index in [4.69, 9.17) is 9.47 Å². The maximum Gasteiger partial charge on any atom is 0.306 e. The quantitative estimate of drug-likeness (QED) is 0.711. The Hall–Kier alpha value is -2.13. The molecule has 2 heterocycles. The molecule has 1 amide bonds. The van der Waals surface area contributed by atoms with Crippen molar-refractivity contribution in [1.29, 1.82) is 0 Å². The highest BCUT2D eigenvalue weighted by Gasteiger charge is 2.30. The summed E-state index contributed by atoms with van der Waals surface area (Å²) in [6.07, 6.45) is 0.500. The van der Waals surface area contributed by atoms with Crippen LogP contribution in [0.15, 0.2) is 24.3 Å².